The Kier molecular flexibility index (Phi) is 4.82. The molecule has 0 atom stereocenters. The number of anilines is 1. The zero-order valence-corrected chi connectivity index (χ0v) is 9.08. The van der Waals surface area contributed by atoms with Crippen molar-refractivity contribution in [2.24, 2.45) is 0 Å². The summed E-state index contributed by atoms with van der Waals surface area (Å²) in [6.07, 6.45) is -1.67. The van der Waals surface area contributed by atoms with Crippen molar-refractivity contribution in [3.63, 3.8) is 0 Å². The van der Waals surface area contributed by atoms with E-state index in [1.165, 1.54) is 6.07 Å². The summed E-state index contributed by atoms with van der Waals surface area (Å²) < 4.78 is 34.1. The molecule has 1 rings (SSSR count). The van der Waals surface area contributed by atoms with Gasteiger partial charge in [-0.1, -0.05) is 13.0 Å². The van der Waals surface area contributed by atoms with Crippen molar-refractivity contribution in [2.45, 2.75) is 19.8 Å². The minimum atomic E-state index is -2.51. The molecule has 0 aliphatic heterocycles. The number of alkyl halides is 2. The van der Waals surface area contributed by atoms with Crippen LogP contribution in [0.2, 0.25) is 0 Å². The first-order valence-corrected chi connectivity index (χ1v) is 5.07. The Morgan fingerprint density at radius 2 is 1.88 bits per heavy atom. The van der Waals surface area contributed by atoms with Gasteiger partial charge in [0, 0.05) is 0 Å². The lowest BCUT2D eigenvalue weighted by Crippen LogP contribution is -2.09. The van der Waals surface area contributed by atoms with Crippen LogP contribution in [0.5, 0.6) is 11.5 Å². The maximum absolute atomic E-state index is 12.0. The third kappa shape index (κ3) is 3.56. The largest absolute Gasteiger partial charge is 0.491 e. The SMILES string of the molecule is CCCOc1cccc(OCC(F)F)c1N. The quantitative estimate of drug-likeness (QED) is 0.765. The molecule has 0 spiro atoms. The molecule has 16 heavy (non-hydrogen) atoms. The van der Waals surface area contributed by atoms with E-state index < -0.39 is 13.0 Å². The van der Waals surface area contributed by atoms with Gasteiger partial charge in [-0.05, 0) is 18.6 Å². The fourth-order valence-electron chi connectivity index (χ4n) is 1.14. The van der Waals surface area contributed by atoms with E-state index in [1.54, 1.807) is 12.1 Å². The zero-order chi connectivity index (χ0) is 12.0. The van der Waals surface area contributed by atoms with Crippen molar-refractivity contribution < 1.29 is 18.3 Å². The topological polar surface area (TPSA) is 44.5 Å². The number of rotatable bonds is 6. The fraction of sp³-hybridized carbons (Fsp3) is 0.455. The van der Waals surface area contributed by atoms with Crippen LogP contribution in [0.1, 0.15) is 13.3 Å². The Hall–Kier alpha value is -1.52. The first-order chi connectivity index (χ1) is 7.65. The Morgan fingerprint density at radius 3 is 2.44 bits per heavy atom. The highest BCUT2D eigenvalue weighted by molar-refractivity contribution is 5.62. The average molecular weight is 231 g/mol. The number of halogens is 2. The molecule has 0 aliphatic carbocycles. The van der Waals surface area contributed by atoms with Gasteiger partial charge in [0.1, 0.15) is 23.8 Å². The van der Waals surface area contributed by atoms with Crippen LogP contribution in [0, 0.1) is 0 Å². The van der Waals surface area contributed by atoms with E-state index in [-0.39, 0.29) is 11.4 Å². The molecule has 1 aromatic rings. The molecule has 0 saturated heterocycles. The first-order valence-electron chi connectivity index (χ1n) is 5.07. The molecule has 5 heteroatoms. The normalized spacial score (nSPS) is 10.5. The molecule has 0 heterocycles. The molecule has 0 radical (unpaired) electrons. The van der Waals surface area contributed by atoms with Crippen molar-refractivity contribution in [2.75, 3.05) is 18.9 Å². The summed E-state index contributed by atoms with van der Waals surface area (Å²) in [4.78, 5) is 0. The number of hydrogen-bond donors (Lipinski definition) is 1. The molecular formula is C11H15F2NO2. The van der Waals surface area contributed by atoms with Crippen molar-refractivity contribution in [1.82, 2.24) is 0 Å². The molecule has 3 nitrogen and oxygen atoms in total. The Labute approximate surface area is 93.2 Å². The third-order valence-electron chi connectivity index (χ3n) is 1.85. The second-order valence-electron chi connectivity index (χ2n) is 3.22. The molecule has 0 bridgehead atoms. The van der Waals surface area contributed by atoms with Gasteiger partial charge in [-0.15, -0.1) is 0 Å². The van der Waals surface area contributed by atoms with Crippen LogP contribution in [0.3, 0.4) is 0 Å². The van der Waals surface area contributed by atoms with Gasteiger partial charge in [0.05, 0.1) is 6.61 Å². The lowest BCUT2D eigenvalue weighted by atomic mass is 10.2. The van der Waals surface area contributed by atoms with Crippen molar-refractivity contribution in [3.05, 3.63) is 18.2 Å². The van der Waals surface area contributed by atoms with Gasteiger partial charge in [-0.2, -0.15) is 0 Å². The summed E-state index contributed by atoms with van der Waals surface area (Å²) >= 11 is 0. The van der Waals surface area contributed by atoms with Crippen LogP contribution >= 0.6 is 0 Å². The summed E-state index contributed by atoms with van der Waals surface area (Å²) in [5, 5.41) is 0. The minimum absolute atomic E-state index is 0.230. The lowest BCUT2D eigenvalue weighted by molar-refractivity contribution is 0.0821. The number of nitrogen functional groups attached to an aromatic ring is 1. The minimum Gasteiger partial charge on any atom is -0.491 e. The molecule has 0 amide bonds. The maximum Gasteiger partial charge on any atom is 0.272 e. The summed E-state index contributed by atoms with van der Waals surface area (Å²) in [5.74, 6) is 0.697. The molecule has 2 N–H and O–H groups in total. The number of ether oxygens (including phenoxy) is 2. The van der Waals surface area contributed by atoms with Gasteiger partial charge in [-0.25, -0.2) is 8.78 Å². The highest BCUT2D eigenvalue weighted by atomic mass is 19.3. The molecule has 1 aromatic carbocycles. The van der Waals surface area contributed by atoms with Crippen LogP contribution in [0.25, 0.3) is 0 Å². The van der Waals surface area contributed by atoms with Gasteiger partial charge in [0.25, 0.3) is 6.43 Å². The molecule has 0 saturated carbocycles. The van der Waals surface area contributed by atoms with Crippen LogP contribution in [0.4, 0.5) is 14.5 Å². The van der Waals surface area contributed by atoms with E-state index in [0.717, 1.165) is 6.42 Å². The highest BCUT2D eigenvalue weighted by Gasteiger charge is 2.09. The predicted molar refractivity (Wildman–Crippen MR) is 58.1 cm³/mol. The second kappa shape index (κ2) is 6.15. The Balaban J connectivity index is 2.70. The van der Waals surface area contributed by atoms with Gasteiger partial charge in [-0.3, -0.25) is 0 Å². The molecule has 0 fully saturated rings. The molecular weight excluding hydrogens is 216 g/mol. The summed E-state index contributed by atoms with van der Waals surface area (Å²) in [6.45, 7) is 1.83. The van der Waals surface area contributed by atoms with Gasteiger partial charge in [0.15, 0.2) is 0 Å². The van der Waals surface area contributed by atoms with Gasteiger partial charge < -0.3 is 15.2 Å². The van der Waals surface area contributed by atoms with Crippen LogP contribution in [0.15, 0.2) is 18.2 Å². The standard InChI is InChI=1S/C11H15F2NO2/c1-2-6-15-8-4-3-5-9(11(8)14)16-7-10(12)13/h3-5,10H,2,6-7,14H2,1H3. The van der Waals surface area contributed by atoms with E-state index in [4.69, 9.17) is 15.2 Å². The van der Waals surface area contributed by atoms with E-state index in [1.807, 2.05) is 6.92 Å². The maximum atomic E-state index is 12.0. The zero-order valence-electron chi connectivity index (χ0n) is 9.08. The number of para-hydroxylation sites is 1. The summed E-state index contributed by atoms with van der Waals surface area (Å²) in [7, 11) is 0. The Bertz CT molecular complexity index is 332. The van der Waals surface area contributed by atoms with E-state index in [0.29, 0.717) is 12.4 Å². The highest BCUT2D eigenvalue weighted by Crippen LogP contribution is 2.31. The average Bonchev–Trinajstić information content (AvgIpc) is 2.26. The fourth-order valence-corrected chi connectivity index (χ4v) is 1.14. The summed E-state index contributed by atoms with van der Waals surface area (Å²) in [5.41, 5.74) is 5.98. The van der Waals surface area contributed by atoms with Gasteiger partial charge >= 0.3 is 0 Å². The Morgan fingerprint density at radius 1 is 1.25 bits per heavy atom. The van der Waals surface area contributed by atoms with Crippen LogP contribution in [-0.4, -0.2) is 19.6 Å². The monoisotopic (exact) mass is 231 g/mol. The molecule has 0 aromatic heterocycles. The third-order valence-corrected chi connectivity index (χ3v) is 1.85. The number of hydrogen-bond acceptors (Lipinski definition) is 3. The summed E-state index contributed by atoms with van der Waals surface area (Å²) in [6, 6.07) is 4.87. The smallest absolute Gasteiger partial charge is 0.272 e. The van der Waals surface area contributed by atoms with Crippen molar-refractivity contribution >= 4 is 5.69 Å². The molecule has 0 aliphatic rings. The number of nitrogens with two attached hydrogens (primary N) is 1. The second-order valence-corrected chi connectivity index (χ2v) is 3.22. The van der Waals surface area contributed by atoms with Gasteiger partial charge in [0.2, 0.25) is 0 Å². The van der Waals surface area contributed by atoms with E-state index in [9.17, 15) is 8.78 Å². The van der Waals surface area contributed by atoms with Crippen LogP contribution in [-0.2, 0) is 0 Å². The first kappa shape index (κ1) is 12.5. The van der Waals surface area contributed by atoms with Crippen molar-refractivity contribution in [1.29, 1.82) is 0 Å². The van der Waals surface area contributed by atoms with E-state index >= 15 is 0 Å². The van der Waals surface area contributed by atoms with E-state index in [2.05, 4.69) is 0 Å². The molecule has 90 valence electrons. The molecule has 0 unspecified atom stereocenters. The van der Waals surface area contributed by atoms with Crippen LogP contribution < -0.4 is 15.2 Å². The number of benzene rings is 1. The predicted octanol–water partition coefficient (Wildman–Crippen LogP) is 2.70. The van der Waals surface area contributed by atoms with Crippen molar-refractivity contribution in [3.8, 4) is 11.5 Å². The lowest BCUT2D eigenvalue weighted by Gasteiger charge is -2.12.